The first-order valence-electron chi connectivity index (χ1n) is 6.30. The summed E-state index contributed by atoms with van der Waals surface area (Å²) in [4.78, 5) is 13.4. The van der Waals surface area contributed by atoms with Crippen LogP contribution in [-0.2, 0) is 11.3 Å². The zero-order valence-corrected chi connectivity index (χ0v) is 13.5. The van der Waals surface area contributed by atoms with Crippen LogP contribution in [0.5, 0.6) is 5.75 Å². The van der Waals surface area contributed by atoms with Crippen molar-refractivity contribution >= 4 is 21.8 Å². The summed E-state index contributed by atoms with van der Waals surface area (Å²) in [6.45, 7) is 5.38. The van der Waals surface area contributed by atoms with E-state index in [1.54, 1.807) is 11.9 Å². The molecule has 0 aromatic heterocycles. The molecule has 0 fully saturated rings. The van der Waals surface area contributed by atoms with E-state index in [-0.39, 0.29) is 12.5 Å². The highest BCUT2D eigenvalue weighted by Gasteiger charge is 2.12. The van der Waals surface area contributed by atoms with Crippen molar-refractivity contribution in [2.45, 2.75) is 20.4 Å². The molecular formula is C14H21BrN2O2. The minimum atomic E-state index is -0.0137. The van der Waals surface area contributed by atoms with Crippen LogP contribution in [0.1, 0.15) is 18.1 Å². The molecule has 5 heteroatoms. The fourth-order valence-corrected chi connectivity index (χ4v) is 2.37. The van der Waals surface area contributed by atoms with E-state index in [9.17, 15) is 4.79 Å². The first kappa shape index (κ1) is 16.0. The number of ether oxygens (including phenoxy) is 1. The topological polar surface area (TPSA) is 41.6 Å². The van der Waals surface area contributed by atoms with Crippen molar-refractivity contribution in [1.29, 1.82) is 0 Å². The van der Waals surface area contributed by atoms with Gasteiger partial charge in [-0.1, -0.05) is 15.9 Å². The number of amides is 1. The molecule has 0 unspecified atom stereocenters. The quantitative estimate of drug-likeness (QED) is 0.871. The summed E-state index contributed by atoms with van der Waals surface area (Å²) < 4.78 is 6.72. The van der Waals surface area contributed by atoms with Gasteiger partial charge >= 0.3 is 0 Å². The Balaban J connectivity index is 2.85. The minimum Gasteiger partial charge on any atom is -0.483 e. The van der Waals surface area contributed by atoms with Crippen molar-refractivity contribution in [1.82, 2.24) is 10.2 Å². The monoisotopic (exact) mass is 328 g/mol. The summed E-state index contributed by atoms with van der Waals surface area (Å²) in [6, 6.07) is 4.00. The number of carbonyl (C=O) groups is 1. The van der Waals surface area contributed by atoms with Crippen LogP contribution in [0.2, 0.25) is 0 Å². The number of halogens is 1. The van der Waals surface area contributed by atoms with Crippen LogP contribution >= 0.6 is 15.9 Å². The lowest BCUT2D eigenvalue weighted by atomic mass is 10.1. The van der Waals surface area contributed by atoms with Gasteiger partial charge in [0.05, 0.1) is 0 Å². The minimum absolute atomic E-state index is 0.0137. The predicted octanol–water partition coefficient (Wildman–Crippen LogP) is 2.33. The van der Waals surface area contributed by atoms with Crippen LogP contribution in [0.15, 0.2) is 16.6 Å². The number of hydrogen-bond donors (Lipinski definition) is 1. The van der Waals surface area contributed by atoms with Crippen LogP contribution in [0.3, 0.4) is 0 Å². The van der Waals surface area contributed by atoms with E-state index in [0.717, 1.165) is 21.3 Å². The maximum Gasteiger partial charge on any atom is 0.260 e. The van der Waals surface area contributed by atoms with Crippen molar-refractivity contribution < 1.29 is 9.53 Å². The van der Waals surface area contributed by atoms with E-state index < -0.39 is 0 Å². The van der Waals surface area contributed by atoms with Gasteiger partial charge in [0.15, 0.2) is 6.61 Å². The third kappa shape index (κ3) is 4.51. The number of aryl methyl sites for hydroxylation is 1. The summed E-state index contributed by atoms with van der Waals surface area (Å²) in [5, 5.41) is 3.10. The van der Waals surface area contributed by atoms with Crippen molar-refractivity contribution in [3.63, 3.8) is 0 Å². The zero-order chi connectivity index (χ0) is 14.4. The number of nitrogens with zero attached hydrogens (tertiary/aromatic N) is 1. The molecule has 0 bridgehead atoms. The molecule has 1 amide bonds. The summed E-state index contributed by atoms with van der Waals surface area (Å²) in [7, 11) is 3.66. The Morgan fingerprint density at radius 1 is 1.47 bits per heavy atom. The fourth-order valence-electron chi connectivity index (χ4n) is 1.75. The predicted molar refractivity (Wildman–Crippen MR) is 80.4 cm³/mol. The molecule has 0 saturated heterocycles. The molecule has 0 radical (unpaired) electrons. The largest absolute Gasteiger partial charge is 0.483 e. The first-order chi connectivity index (χ1) is 8.99. The van der Waals surface area contributed by atoms with Gasteiger partial charge in [0.2, 0.25) is 0 Å². The lowest BCUT2D eigenvalue weighted by Crippen LogP contribution is -2.31. The van der Waals surface area contributed by atoms with Crippen LogP contribution < -0.4 is 10.1 Å². The lowest BCUT2D eigenvalue weighted by molar-refractivity contribution is -0.131. The Labute approximate surface area is 123 Å². The number of likely N-dealkylation sites (N-methyl/N-ethyl adjacent to an activating group) is 1. The molecule has 4 nitrogen and oxygen atoms in total. The number of rotatable bonds is 6. The Morgan fingerprint density at radius 3 is 2.74 bits per heavy atom. The number of hydrogen-bond acceptors (Lipinski definition) is 3. The third-order valence-corrected chi connectivity index (χ3v) is 3.38. The lowest BCUT2D eigenvalue weighted by Gasteiger charge is -2.18. The molecule has 0 spiro atoms. The molecule has 0 atom stereocenters. The molecule has 0 heterocycles. The van der Waals surface area contributed by atoms with Gasteiger partial charge in [-0.25, -0.2) is 0 Å². The second-order valence-corrected chi connectivity index (χ2v) is 5.35. The third-order valence-electron chi connectivity index (χ3n) is 2.92. The SMILES string of the molecule is CCN(C)C(=O)COc1c(C)cc(Br)cc1CNC. The first-order valence-corrected chi connectivity index (χ1v) is 7.09. The smallest absolute Gasteiger partial charge is 0.260 e. The Hall–Kier alpha value is -1.07. The van der Waals surface area contributed by atoms with Crippen LogP contribution in [0.4, 0.5) is 0 Å². The van der Waals surface area contributed by atoms with Gasteiger partial charge in [-0.3, -0.25) is 4.79 Å². The fraction of sp³-hybridized carbons (Fsp3) is 0.500. The van der Waals surface area contributed by atoms with Gasteiger partial charge < -0.3 is 15.0 Å². The van der Waals surface area contributed by atoms with Crippen molar-refractivity contribution in [3.8, 4) is 5.75 Å². The molecule has 1 N–H and O–H groups in total. The summed E-state index contributed by atoms with van der Waals surface area (Å²) in [6.07, 6.45) is 0. The average Bonchev–Trinajstić information content (AvgIpc) is 2.36. The van der Waals surface area contributed by atoms with Crippen LogP contribution in [-0.4, -0.2) is 38.1 Å². The number of benzene rings is 1. The molecule has 0 aliphatic rings. The molecule has 0 aliphatic carbocycles. The van der Waals surface area contributed by atoms with E-state index in [0.29, 0.717) is 13.1 Å². The number of carbonyl (C=O) groups excluding carboxylic acids is 1. The summed E-state index contributed by atoms with van der Waals surface area (Å²) >= 11 is 3.47. The van der Waals surface area contributed by atoms with E-state index in [1.165, 1.54) is 0 Å². The maximum atomic E-state index is 11.8. The maximum absolute atomic E-state index is 11.8. The van der Waals surface area contributed by atoms with E-state index in [4.69, 9.17) is 4.74 Å². The van der Waals surface area contributed by atoms with Gasteiger partial charge in [0.25, 0.3) is 5.91 Å². The molecule has 1 rings (SSSR count). The summed E-state index contributed by atoms with van der Waals surface area (Å²) in [5.74, 6) is 0.774. The van der Waals surface area contributed by atoms with Gasteiger partial charge in [-0.2, -0.15) is 0 Å². The summed E-state index contributed by atoms with van der Waals surface area (Å²) in [5.41, 5.74) is 2.06. The van der Waals surface area contributed by atoms with Crippen molar-refractivity contribution in [3.05, 3.63) is 27.7 Å². The van der Waals surface area contributed by atoms with Crippen molar-refractivity contribution in [2.75, 3.05) is 27.2 Å². The highest BCUT2D eigenvalue weighted by atomic mass is 79.9. The van der Waals surface area contributed by atoms with Crippen LogP contribution in [0.25, 0.3) is 0 Å². The Bertz CT molecular complexity index is 449. The van der Waals surface area contributed by atoms with Gasteiger partial charge in [0, 0.05) is 30.2 Å². The molecule has 19 heavy (non-hydrogen) atoms. The molecule has 0 saturated carbocycles. The zero-order valence-electron chi connectivity index (χ0n) is 11.9. The highest BCUT2D eigenvalue weighted by molar-refractivity contribution is 9.10. The van der Waals surface area contributed by atoms with E-state index in [1.807, 2.05) is 33.0 Å². The van der Waals surface area contributed by atoms with Gasteiger partial charge in [0.1, 0.15) is 5.75 Å². The second-order valence-electron chi connectivity index (χ2n) is 4.44. The second kappa shape index (κ2) is 7.50. The Morgan fingerprint density at radius 2 is 2.16 bits per heavy atom. The van der Waals surface area contributed by atoms with E-state index >= 15 is 0 Å². The average molecular weight is 329 g/mol. The van der Waals surface area contributed by atoms with E-state index in [2.05, 4.69) is 21.2 Å². The van der Waals surface area contributed by atoms with Gasteiger partial charge in [-0.15, -0.1) is 0 Å². The molecule has 1 aromatic carbocycles. The number of nitrogens with one attached hydrogen (secondary N) is 1. The molecule has 1 aromatic rings. The highest BCUT2D eigenvalue weighted by Crippen LogP contribution is 2.28. The standard InChI is InChI=1S/C14H21BrN2O2/c1-5-17(4)13(18)9-19-14-10(2)6-12(15)7-11(14)8-16-3/h6-7,16H,5,8-9H2,1-4H3. The molecular weight excluding hydrogens is 308 g/mol. The van der Waals surface area contributed by atoms with Crippen molar-refractivity contribution in [2.24, 2.45) is 0 Å². The molecule has 106 valence electrons. The van der Waals surface area contributed by atoms with Gasteiger partial charge in [-0.05, 0) is 38.6 Å². The normalized spacial score (nSPS) is 10.4. The Kier molecular flexibility index (Phi) is 6.31. The molecule has 0 aliphatic heterocycles. The van der Waals surface area contributed by atoms with Crippen LogP contribution in [0, 0.1) is 6.92 Å².